The Morgan fingerprint density at radius 2 is 1.13 bits per heavy atom. The van der Waals surface area contributed by atoms with Crippen LogP contribution in [-0.4, -0.2) is 108 Å². The maximum atomic E-state index is 13.7. The third kappa shape index (κ3) is 13.1. The van der Waals surface area contributed by atoms with Crippen molar-refractivity contribution in [2.75, 3.05) is 27.7 Å². The minimum absolute atomic E-state index is 0.0313. The van der Waals surface area contributed by atoms with E-state index >= 15 is 0 Å². The number of methoxy groups -OCH3 is 1. The van der Waals surface area contributed by atoms with E-state index in [1.807, 2.05) is 76.8 Å². The monoisotopic (exact) mass is 1110 g/mol. The van der Waals surface area contributed by atoms with Gasteiger partial charge in [-0.25, -0.2) is 14.0 Å². The van der Waals surface area contributed by atoms with Crippen molar-refractivity contribution in [1.29, 1.82) is 0 Å². The molecule has 4 fully saturated rings. The number of ether oxygens (including phenoxy) is 1. The molecule has 418 valence electrons. The summed E-state index contributed by atoms with van der Waals surface area (Å²) in [6.45, 7) is 11.9. The molecule has 2 bridgehead atoms. The summed E-state index contributed by atoms with van der Waals surface area (Å²) in [5.41, 5.74) is 4.41. The minimum atomic E-state index is -4.71. The Hall–Kier alpha value is -6.13. The molecule has 3 amide bonds. The Labute approximate surface area is 467 Å². The van der Waals surface area contributed by atoms with Gasteiger partial charge in [0.15, 0.2) is 5.69 Å². The lowest BCUT2D eigenvalue weighted by Crippen LogP contribution is -2.39. The van der Waals surface area contributed by atoms with E-state index in [9.17, 15) is 27.6 Å². The SMILES string of the molecule is CCCc1c(C(=O)N(C)C2CCCCC2)cnn1-c1ccc(Cl)cc1.CN(C(=O)c1cnn(-c2ccc(Cl)cc2)c1C(F)(F)F)C1CCCCC1.COc1ccc(-n2ncc(C(=O)N3CC4(C)CC3CC(C)(C)C4)c2C)cc1. The molecule has 4 heterocycles. The Morgan fingerprint density at radius 3 is 1.65 bits per heavy atom. The summed E-state index contributed by atoms with van der Waals surface area (Å²) in [5, 5.41) is 13.9. The van der Waals surface area contributed by atoms with Gasteiger partial charge in [0.2, 0.25) is 0 Å². The zero-order valence-electron chi connectivity index (χ0n) is 46.3. The van der Waals surface area contributed by atoms with Gasteiger partial charge in [-0.3, -0.25) is 14.4 Å². The van der Waals surface area contributed by atoms with Crippen molar-refractivity contribution in [1.82, 2.24) is 44.0 Å². The highest BCUT2D eigenvalue weighted by Crippen LogP contribution is 2.53. The smallest absolute Gasteiger partial charge is 0.434 e. The van der Waals surface area contributed by atoms with Gasteiger partial charge >= 0.3 is 6.18 Å². The van der Waals surface area contributed by atoms with Crippen LogP contribution in [0.2, 0.25) is 10.0 Å². The zero-order chi connectivity index (χ0) is 56.1. The molecule has 3 aromatic heterocycles. The summed E-state index contributed by atoms with van der Waals surface area (Å²) in [5.74, 6) is 0.374. The summed E-state index contributed by atoms with van der Waals surface area (Å²) in [6, 6.07) is 21.8. The highest BCUT2D eigenvalue weighted by molar-refractivity contribution is 6.30. The van der Waals surface area contributed by atoms with Gasteiger partial charge in [-0.1, -0.05) is 95.8 Å². The van der Waals surface area contributed by atoms with E-state index in [2.05, 4.69) is 47.9 Å². The summed E-state index contributed by atoms with van der Waals surface area (Å²) < 4.78 is 50.8. The van der Waals surface area contributed by atoms with E-state index in [0.717, 1.165) is 122 Å². The van der Waals surface area contributed by atoms with Crippen LogP contribution in [0.25, 0.3) is 17.1 Å². The van der Waals surface area contributed by atoms with Gasteiger partial charge in [0.05, 0.1) is 70.8 Å². The van der Waals surface area contributed by atoms with Crippen LogP contribution in [0.3, 0.4) is 0 Å². The van der Waals surface area contributed by atoms with Crippen LogP contribution >= 0.6 is 23.2 Å². The molecule has 0 radical (unpaired) electrons. The predicted molar refractivity (Wildman–Crippen MR) is 299 cm³/mol. The topological polar surface area (TPSA) is 124 Å². The number of nitrogens with zero attached hydrogens (tertiary/aromatic N) is 9. The molecule has 3 saturated carbocycles. The quantitative estimate of drug-likeness (QED) is 0.127. The van der Waals surface area contributed by atoms with Crippen LogP contribution in [0.4, 0.5) is 13.2 Å². The predicted octanol–water partition coefficient (Wildman–Crippen LogP) is 14.1. The average Bonchev–Trinajstić information content (AvgIpc) is 4.22. The van der Waals surface area contributed by atoms with Gasteiger partial charge in [-0.05, 0) is 142 Å². The van der Waals surface area contributed by atoms with E-state index in [1.54, 1.807) is 26.6 Å². The van der Waals surface area contributed by atoms with Gasteiger partial charge in [0.1, 0.15) is 5.75 Å². The first-order valence-electron chi connectivity index (χ1n) is 27.4. The van der Waals surface area contributed by atoms with Crippen LogP contribution in [0, 0.1) is 17.8 Å². The number of halogens is 5. The molecule has 2 atom stereocenters. The Balaban J connectivity index is 0.000000155. The van der Waals surface area contributed by atoms with Crippen LogP contribution in [-0.2, 0) is 12.6 Å². The van der Waals surface area contributed by atoms with Crippen molar-refractivity contribution in [2.24, 2.45) is 10.8 Å². The molecule has 4 aliphatic rings. The van der Waals surface area contributed by atoms with E-state index in [-0.39, 0.29) is 29.0 Å². The lowest BCUT2D eigenvalue weighted by atomic mass is 9.65. The molecule has 10 rings (SSSR count). The van der Waals surface area contributed by atoms with Gasteiger partial charge < -0.3 is 19.4 Å². The normalized spacial score (nSPS) is 19.3. The van der Waals surface area contributed by atoms with E-state index < -0.39 is 23.3 Å². The van der Waals surface area contributed by atoms with Crippen molar-refractivity contribution >= 4 is 40.9 Å². The second kappa shape index (κ2) is 24.5. The molecule has 1 aliphatic heterocycles. The number of rotatable bonds is 11. The lowest BCUT2D eigenvalue weighted by Gasteiger charge is -2.39. The molecular formula is C60H74Cl2F3N9O4. The summed E-state index contributed by atoms with van der Waals surface area (Å²) >= 11 is 11.8. The number of aromatic nitrogens is 6. The first kappa shape index (κ1) is 58.0. The second-order valence-corrected chi connectivity index (χ2v) is 23.6. The summed E-state index contributed by atoms with van der Waals surface area (Å²) in [4.78, 5) is 44.7. The van der Waals surface area contributed by atoms with Crippen molar-refractivity contribution in [2.45, 2.75) is 155 Å². The first-order chi connectivity index (χ1) is 37.1. The molecule has 3 aromatic carbocycles. The summed E-state index contributed by atoms with van der Waals surface area (Å²) in [7, 11) is 5.16. The number of carbonyl (C=O) groups is 3. The van der Waals surface area contributed by atoms with Crippen LogP contribution in [0.1, 0.15) is 166 Å². The van der Waals surface area contributed by atoms with Gasteiger partial charge in [-0.15, -0.1) is 0 Å². The molecule has 18 heteroatoms. The number of hydrogen-bond donors (Lipinski definition) is 0. The Kier molecular flexibility index (Phi) is 18.2. The highest BCUT2D eigenvalue weighted by Gasteiger charge is 2.51. The van der Waals surface area contributed by atoms with Crippen LogP contribution in [0.15, 0.2) is 91.4 Å². The number of alkyl halides is 3. The molecule has 0 N–H and O–H groups in total. The third-order valence-electron chi connectivity index (χ3n) is 16.1. The van der Waals surface area contributed by atoms with E-state index in [0.29, 0.717) is 33.1 Å². The average molecular weight is 1110 g/mol. The number of benzene rings is 3. The Bertz CT molecular complexity index is 3010. The Morgan fingerprint density at radius 1 is 0.667 bits per heavy atom. The maximum absolute atomic E-state index is 13.7. The number of fused-ring (bicyclic) bond motifs is 2. The molecule has 78 heavy (non-hydrogen) atoms. The van der Waals surface area contributed by atoms with Crippen molar-refractivity contribution in [3.63, 3.8) is 0 Å². The molecule has 13 nitrogen and oxygen atoms in total. The molecule has 1 saturated heterocycles. The third-order valence-corrected chi connectivity index (χ3v) is 16.6. The first-order valence-corrected chi connectivity index (χ1v) is 28.2. The second-order valence-electron chi connectivity index (χ2n) is 22.8. The summed E-state index contributed by atoms with van der Waals surface area (Å²) in [6.07, 6.45) is 15.5. The highest BCUT2D eigenvalue weighted by atomic mass is 35.5. The van der Waals surface area contributed by atoms with Crippen molar-refractivity contribution in [3.05, 3.63) is 135 Å². The molecule has 3 aliphatic carbocycles. The van der Waals surface area contributed by atoms with Crippen molar-refractivity contribution < 1.29 is 32.3 Å². The van der Waals surface area contributed by atoms with Crippen LogP contribution in [0.5, 0.6) is 5.75 Å². The largest absolute Gasteiger partial charge is 0.497 e. The van der Waals surface area contributed by atoms with E-state index in [4.69, 9.17) is 27.9 Å². The fraction of sp³-hybridized carbons (Fsp3) is 0.500. The number of amides is 3. The fourth-order valence-corrected chi connectivity index (χ4v) is 12.7. The molecular weight excluding hydrogens is 1040 g/mol. The maximum Gasteiger partial charge on any atom is 0.434 e. The van der Waals surface area contributed by atoms with E-state index in [1.165, 1.54) is 54.8 Å². The number of likely N-dealkylation sites (tertiary alicyclic amines) is 1. The molecule has 6 aromatic rings. The van der Waals surface area contributed by atoms with Crippen LogP contribution < -0.4 is 4.74 Å². The minimum Gasteiger partial charge on any atom is -0.497 e. The molecule has 2 unspecified atom stereocenters. The zero-order valence-corrected chi connectivity index (χ0v) is 47.8. The fourth-order valence-electron chi connectivity index (χ4n) is 12.5. The van der Waals surface area contributed by atoms with Gasteiger partial charge in [0.25, 0.3) is 17.7 Å². The van der Waals surface area contributed by atoms with Gasteiger partial charge in [0, 0.05) is 48.8 Å². The van der Waals surface area contributed by atoms with Crippen molar-refractivity contribution in [3.8, 4) is 22.8 Å². The number of hydrogen-bond acceptors (Lipinski definition) is 7. The lowest BCUT2D eigenvalue weighted by molar-refractivity contribution is -0.143. The number of carbonyl (C=O) groups excluding carboxylic acids is 3. The molecule has 0 spiro atoms. The standard InChI is InChI=1S/C22H29N3O2.C20H26ClN3O.C18H19ClF3N3O/c1-15-19(12-23-25(15)16-6-8-18(27-5)9-7-16)20(26)24-14-22(4)11-17(24)10-21(2,3)13-22;1-3-7-19-18(20(25)23(2)16-8-5-4-6-9-16)14-22-24(19)17-12-10-15(21)11-13-17;1-24(13-5-3-2-4-6-13)17(26)15-11-23-25(16(15)18(20,21)22)14-9-7-12(19)8-10-14/h6-9,12,17H,10-11,13-14H2,1-5H3;10-14,16H,3-9H2,1-2H3;7-11,13H,2-6H2,1H3. The van der Waals surface area contributed by atoms with Gasteiger partial charge in [-0.2, -0.15) is 28.5 Å².